The molecule has 1 aromatic heterocycles. The maximum Gasteiger partial charge on any atom is 0.417 e. The van der Waals surface area contributed by atoms with Crippen molar-refractivity contribution in [1.29, 1.82) is 0 Å². The molecular weight excluding hydrogens is 613 g/mol. The molecule has 1 aliphatic heterocycles. The van der Waals surface area contributed by atoms with Crippen molar-refractivity contribution in [3.63, 3.8) is 0 Å². The average molecular weight is 649 g/mol. The normalized spacial score (nSPS) is 16.5. The molecule has 15 heteroatoms. The predicted octanol–water partition coefficient (Wildman–Crippen LogP) is 3.99. The molecule has 0 spiro atoms. The Hall–Kier alpha value is -4.24. The molecule has 3 aromatic rings. The molecule has 1 amide bonds. The third-order valence-corrected chi connectivity index (χ3v) is 8.24. The molecule has 1 fully saturated rings. The predicted molar refractivity (Wildman–Crippen MR) is 161 cm³/mol. The zero-order valence-electron chi connectivity index (χ0n) is 25.0. The van der Waals surface area contributed by atoms with E-state index in [-0.39, 0.29) is 16.6 Å². The number of nitrogens with zero attached hydrogens (tertiary/aromatic N) is 3. The van der Waals surface area contributed by atoms with Gasteiger partial charge >= 0.3 is 12.1 Å². The van der Waals surface area contributed by atoms with Gasteiger partial charge in [0.25, 0.3) is 5.91 Å². The molecule has 1 saturated heterocycles. The number of carbonyl (C=O) groups excluding carboxylic acids is 2. The van der Waals surface area contributed by atoms with Gasteiger partial charge in [-0.15, -0.1) is 0 Å². The van der Waals surface area contributed by atoms with Gasteiger partial charge in [0.2, 0.25) is 16.0 Å². The van der Waals surface area contributed by atoms with E-state index >= 15 is 0 Å². The van der Waals surface area contributed by atoms with Crippen molar-refractivity contribution in [3.05, 3.63) is 78.1 Å². The van der Waals surface area contributed by atoms with Crippen LogP contribution in [0.25, 0.3) is 0 Å². The van der Waals surface area contributed by atoms with E-state index in [0.29, 0.717) is 25.5 Å². The second-order valence-corrected chi connectivity index (χ2v) is 13.2. The number of esters is 1. The molecule has 1 aliphatic rings. The van der Waals surface area contributed by atoms with Crippen molar-refractivity contribution < 1.29 is 35.9 Å². The van der Waals surface area contributed by atoms with E-state index in [0.717, 1.165) is 18.6 Å². The van der Waals surface area contributed by atoms with Crippen molar-refractivity contribution in [1.82, 2.24) is 20.0 Å². The van der Waals surface area contributed by atoms with Gasteiger partial charge in [-0.3, -0.25) is 9.59 Å². The lowest BCUT2D eigenvalue weighted by molar-refractivity contribution is -0.156. The lowest BCUT2D eigenvalue weighted by Crippen LogP contribution is -2.50. The van der Waals surface area contributed by atoms with Crippen LogP contribution in [0.3, 0.4) is 0 Å². The number of piperidine rings is 1. The van der Waals surface area contributed by atoms with Gasteiger partial charge in [0.05, 0.1) is 16.0 Å². The largest absolute Gasteiger partial charge is 0.459 e. The van der Waals surface area contributed by atoms with E-state index in [1.807, 2.05) is 0 Å². The number of halogens is 3. The average Bonchev–Trinajstić information content (AvgIpc) is 2.98. The van der Waals surface area contributed by atoms with Crippen LogP contribution in [-0.2, 0) is 25.7 Å². The number of rotatable bonds is 10. The van der Waals surface area contributed by atoms with Gasteiger partial charge in [0.1, 0.15) is 11.6 Å². The molecule has 2 heterocycles. The minimum Gasteiger partial charge on any atom is -0.459 e. The highest BCUT2D eigenvalue weighted by molar-refractivity contribution is 7.89. The Morgan fingerprint density at radius 2 is 1.73 bits per heavy atom. The highest BCUT2D eigenvalue weighted by atomic mass is 32.2. The van der Waals surface area contributed by atoms with Crippen molar-refractivity contribution in [2.45, 2.75) is 62.4 Å². The van der Waals surface area contributed by atoms with Gasteiger partial charge in [-0.1, -0.05) is 18.2 Å². The molecular formula is C30H35F3N6O5S. The van der Waals surface area contributed by atoms with Crippen molar-refractivity contribution >= 4 is 33.5 Å². The Morgan fingerprint density at radius 1 is 1.04 bits per heavy atom. The molecule has 2 unspecified atom stereocenters. The number of sulfonamides is 1. The second kappa shape index (κ2) is 13.8. The van der Waals surface area contributed by atoms with E-state index in [1.54, 1.807) is 50.2 Å². The number of anilines is 2. The summed E-state index contributed by atoms with van der Waals surface area (Å²) in [4.78, 5) is 36.0. The maximum atomic E-state index is 14.2. The third kappa shape index (κ3) is 9.38. The SMILES string of the molecule is CC(C)(C)OC(=O)C(CNC(=O)c1ccc(N2CCCC(Nc3ncccn3)C2)cc1C(F)(F)F)NS(=O)(=O)c1ccccc1. The standard InChI is InChI=1S/C30H35F3N6O5S/c1-29(2,3)44-27(41)25(38-45(42,43)22-10-5-4-6-11-22)18-36-26(40)23-13-12-21(17-24(23)30(31,32)33)39-16-7-9-20(19-39)37-28-34-14-8-15-35-28/h4-6,8,10-15,17,20,25,38H,7,9,16,18-19H2,1-3H3,(H,36,40)(H,34,35,37). The number of amides is 1. The van der Waals surface area contributed by atoms with Crippen molar-refractivity contribution in [2.75, 3.05) is 29.9 Å². The first-order valence-electron chi connectivity index (χ1n) is 14.2. The lowest BCUT2D eigenvalue weighted by Gasteiger charge is -2.35. The van der Waals surface area contributed by atoms with Gasteiger partial charge in [0, 0.05) is 43.8 Å². The Labute approximate surface area is 259 Å². The van der Waals surface area contributed by atoms with Gasteiger partial charge in [-0.25, -0.2) is 18.4 Å². The molecule has 0 radical (unpaired) electrons. The van der Waals surface area contributed by atoms with E-state index in [4.69, 9.17) is 4.74 Å². The Balaban J connectivity index is 1.52. The summed E-state index contributed by atoms with van der Waals surface area (Å²) in [7, 11) is -4.25. The zero-order chi connectivity index (χ0) is 32.8. The first kappa shape index (κ1) is 33.6. The Morgan fingerprint density at radius 3 is 2.38 bits per heavy atom. The molecule has 2 atom stereocenters. The highest BCUT2D eigenvalue weighted by Gasteiger charge is 2.37. The number of carbonyl (C=O) groups is 2. The number of hydrogen-bond donors (Lipinski definition) is 3. The molecule has 0 aliphatic carbocycles. The summed E-state index contributed by atoms with van der Waals surface area (Å²) in [5, 5.41) is 5.48. The number of ether oxygens (including phenoxy) is 1. The molecule has 2 aromatic carbocycles. The van der Waals surface area contributed by atoms with E-state index in [9.17, 15) is 31.2 Å². The van der Waals surface area contributed by atoms with Crippen LogP contribution in [0.2, 0.25) is 0 Å². The quantitative estimate of drug-likeness (QED) is 0.278. The topological polar surface area (TPSA) is 143 Å². The number of nitrogens with one attached hydrogen (secondary N) is 3. The number of alkyl halides is 3. The minimum absolute atomic E-state index is 0.108. The van der Waals surface area contributed by atoms with Crippen molar-refractivity contribution in [2.24, 2.45) is 0 Å². The zero-order valence-corrected chi connectivity index (χ0v) is 25.8. The van der Waals surface area contributed by atoms with E-state index in [1.165, 1.54) is 30.3 Å². The molecule has 4 rings (SSSR count). The van der Waals surface area contributed by atoms with Crippen LogP contribution in [0, 0.1) is 0 Å². The lowest BCUT2D eigenvalue weighted by atomic mass is 10.0. The van der Waals surface area contributed by atoms with Gasteiger partial charge in [-0.05, 0) is 70.0 Å². The summed E-state index contributed by atoms with van der Waals surface area (Å²) < 4.78 is 76.1. The van der Waals surface area contributed by atoms with E-state index in [2.05, 4.69) is 25.3 Å². The van der Waals surface area contributed by atoms with Crippen LogP contribution in [0.5, 0.6) is 0 Å². The number of hydrogen-bond acceptors (Lipinski definition) is 9. The molecule has 3 N–H and O–H groups in total. The molecule has 242 valence electrons. The van der Waals surface area contributed by atoms with E-state index < -0.39 is 57.4 Å². The Bertz CT molecular complexity index is 1590. The van der Waals surface area contributed by atoms with Crippen LogP contribution >= 0.6 is 0 Å². The van der Waals surface area contributed by atoms with Crippen molar-refractivity contribution in [3.8, 4) is 0 Å². The molecule has 0 bridgehead atoms. The number of benzene rings is 2. The molecule has 11 nitrogen and oxygen atoms in total. The fraction of sp³-hybridized carbons (Fsp3) is 0.400. The van der Waals surface area contributed by atoms with Crippen LogP contribution in [0.1, 0.15) is 49.5 Å². The first-order chi connectivity index (χ1) is 21.1. The summed E-state index contributed by atoms with van der Waals surface area (Å²) in [6.07, 6.45) is -0.229. The Kier molecular flexibility index (Phi) is 10.3. The number of aromatic nitrogens is 2. The minimum atomic E-state index is -4.88. The van der Waals surface area contributed by atoms with Crippen LogP contribution in [-0.4, -0.2) is 67.6 Å². The van der Waals surface area contributed by atoms with Crippen LogP contribution in [0.4, 0.5) is 24.8 Å². The highest BCUT2D eigenvalue weighted by Crippen LogP contribution is 2.35. The second-order valence-electron chi connectivity index (χ2n) is 11.5. The van der Waals surface area contributed by atoms with Gasteiger partial charge in [-0.2, -0.15) is 17.9 Å². The fourth-order valence-electron chi connectivity index (χ4n) is 4.74. The molecule has 45 heavy (non-hydrogen) atoms. The van der Waals surface area contributed by atoms with Gasteiger partial charge in [0.15, 0.2) is 0 Å². The summed E-state index contributed by atoms with van der Waals surface area (Å²) >= 11 is 0. The maximum absolute atomic E-state index is 14.2. The smallest absolute Gasteiger partial charge is 0.417 e. The van der Waals surface area contributed by atoms with Crippen LogP contribution in [0.15, 0.2) is 71.9 Å². The summed E-state index contributed by atoms with van der Waals surface area (Å²) in [6.45, 7) is 4.94. The monoisotopic (exact) mass is 648 g/mol. The molecule has 0 saturated carbocycles. The van der Waals surface area contributed by atoms with Gasteiger partial charge < -0.3 is 20.3 Å². The summed E-state index contributed by atoms with van der Waals surface area (Å²) in [5.41, 5.74) is -2.57. The van der Waals surface area contributed by atoms with Crippen LogP contribution < -0.4 is 20.3 Å². The summed E-state index contributed by atoms with van der Waals surface area (Å²) in [5.74, 6) is -1.73. The first-order valence-corrected chi connectivity index (χ1v) is 15.7. The summed E-state index contributed by atoms with van der Waals surface area (Å²) in [6, 6.07) is 10.5. The fourth-order valence-corrected chi connectivity index (χ4v) is 5.94. The third-order valence-electron chi connectivity index (χ3n) is 6.75.